The van der Waals surface area contributed by atoms with Gasteiger partial charge in [0.1, 0.15) is 12.1 Å². The molecule has 1 atom stereocenters. The molecular weight excluding hydrogens is 232 g/mol. The Morgan fingerprint density at radius 3 is 2.33 bits per heavy atom. The van der Waals surface area contributed by atoms with Crippen molar-refractivity contribution in [2.45, 2.75) is 13.0 Å². The summed E-state index contributed by atoms with van der Waals surface area (Å²) >= 11 is 0. The number of carboxylic acids is 1. The van der Waals surface area contributed by atoms with Crippen LogP contribution in [0.15, 0.2) is 43.0 Å². The van der Waals surface area contributed by atoms with Crippen molar-refractivity contribution in [3.63, 3.8) is 0 Å². The van der Waals surface area contributed by atoms with Crippen LogP contribution in [0.25, 0.3) is 11.1 Å². The van der Waals surface area contributed by atoms with Crippen molar-refractivity contribution in [1.29, 1.82) is 0 Å². The summed E-state index contributed by atoms with van der Waals surface area (Å²) in [5, 5.41) is 8.73. The number of carbonyl (C=O) groups is 1. The lowest BCUT2D eigenvalue weighted by molar-refractivity contribution is -0.144. The molecule has 1 unspecified atom stereocenters. The zero-order valence-electron chi connectivity index (χ0n) is 9.78. The lowest BCUT2D eigenvalue weighted by Crippen LogP contribution is -2.22. The topological polar surface area (TPSA) is 72.3 Å². The van der Waals surface area contributed by atoms with E-state index in [1.54, 1.807) is 24.5 Å². The Labute approximate surface area is 104 Å². The molecule has 1 aromatic carbocycles. The van der Waals surface area contributed by atoms with E-state index in [1.807, 2.05) is 12.1 Å². The largest absolute Gasteiger partial charge is 0.479 e. The summed E-state index contributed by atoms with van der Waals surface area (Å²) in [5.74, 6) is -0.471. The van der Waals surface area contributed by atoms with Gasteiger partial charge in [0.25, 0.3) is 0 Å². The molecule has 0 aliphatic heterocycles. The minimum atomic E-state index is -0.990. The van der Waals surface area contributed by atoms with E-state index in [2.05, 4.69) is 9.97 Å². The number of hydrogen-bond acceptors (Lipinski definition) is 4. The normalized spacial score (nSPS) is 11.8. The van der Waals surface area contributed by atoms with Gasteiger partial charge in [-0.3, -0.25) is 0 Å². The minimum absolute atomic E-state index is 0.519. The van der Waals surface area contributed by atoms with Gasteiger partial charge in [0, 0.05) is 18.0 Å². The van der Waals surface area contributed by atoms with Gasteiger partial charge < -0.3 is 9.84 Å². The first kappa shape index (κ1) is 12.0. The average molecular weight is 244 g/mol. The van der Waals surface area contributed by atoms with Gasteiger partial charge in [-0.05, 0) is 24.6 Å². The molecule has 0 saturated carbocycles. The van der Waals surface area contributed by atoms with E-state index >= 15 is 0 Å². The molecule has 0 aliphatic rings. The predicted octanol–water partition coefficient (Wildman–Crippen LogP) is 2.00. The summed E-state index contributed by atoms with van der Waals surface area (Å²) in [6.07, 6.45) is 4.02. The number of carboxylic acid groups (broad SMARTS) is 1. The van der Waals surface area contributed by atoms with Crippen LogP contribution in [0.5, 0.6) is 5.75 Å². The second-order valence-corrected chi connectivity index (χ2v) is 3.75. The highest BCUT2D eigenvalue weighted by atomic mass is 16.5. The first-order valence-electron chi connectivity index (χ1n) is 5.42. The van der Waals surface area contributed by atoms with Crippen molar-refractivity contribution in [3.05, 3.63) is 43.0 Å². The number of ether oxygens (including phenoxy) is 1. The molecule has 0 fully saturated rings. The molecule has 1 aromatic heterocycles. The van der Waals surface area contributed by atoms with E-state index in [4.69, 9.17) is 9.84 Å². The summed E-state index contributed by atoms with van der Waals surface area (Å²) in [6.45, 7) is 1.49. The van der Waals surface area contributed by atoms with Crippen molar-refractivity contribution in [3.8, 4) is 16.9 Å². The predicted molar refractivity (Wildman–Crippen MR) is 65.2 cm³/mol. The fraction of sp³-hybridized carbons (Fsp3) is 0.154. The number of aromatic nitrogens is 2. The fourth-order valence-electron chi connectivity index (χ4n) is 1.43. The molecule has 92 valence electrons. The van der Waals surface area contributed by atoms with Gasteiger partial charge in [0.2, 0.25) is 0 Å². The van der Waals surface area contributed by atoms with Gasteiger partial charge >= 0.3 is 5.97 Å². The molecule has 2 aromatic rings. The standard InChI is InChI=1S/C13H12N2O3/c1-9(13(16)17)18-12-4-2-10(3-5-12)11-6-14-8-15-7-11/h2-9H,1H3,(H,16,17). The highest BCUT2D eigenvalue weighted by Gasteiger charge is 2.12. The maximum absolute atomic E-state index is 10.7. The van der Waals surface area contributed by atoms with Gasteiger partial charge in [-0.15, -0.1) is 0 Å². The zero-order valence-corrected chi connectivity index (χ0v) is 9.78. The van der Waals surface area contributed by atoms with Gasteiger partial charge in [0.15, 0.2) is 6.10 Å². The Kier molecular flexibility index (Phi) is 3.52. The van der Waals surface area contributed by atoms with Crippen LogP contribution >= 0.6 is 0 Å². The van der Waals surface area contributed by atoms with Gasteiger partial charge in [-0.1, -0.05) is 12.1 Å². The van der Waals surface area contributed by atoms with Crippen LogP contribution in [0, 0.1) is 0 Å². The van der Waals surface area contributed by atoms with Crippen molar-refractivity contribution in [1.82, 2.24) is 9.97 Å². The Hall–Kier alpha value is -2.43. The highest BCUT2D eigenvalue weighted by molar-refractivity contribution is 5.72. The van der Waals surface area contributed by atoms with E-state index in [1.165, 1.54) is 13.3 Å². The van der Waals surface area contributed by atoms with Crippen LogP contribution in [0.3, 0.4) is 0 Å². The average Bonchev–Trinajstić information content (AvgIpc) is 2.40. The van der Waals surface area contributed by atoms with Crippen LogP contribution < -0.4 is 4.74 Å². The third kappa shape index (κ3) is 2.82. The second kappa shape index (κ2) is 5.27. The molecule has 1 N–H and O–H groups in total. The summed E-state index contributed by atoms with van der Waals surface area (Å²) < 4.78 is 5.24. The molecule has 18 heavy (non-hydrogen) atoms. The molecule has 1 heterocycles. The summed E-state index contributed by atoms with van der Waals surface area (Å²) in [5.41, 5.74) is 1.85. The molecule has 0 radical (unpaired) electrons. The van der Waals surface area contributed by atoms with E-state index in [0.717, 1.165) is 11.1 Å². The SMILES string of the molecule is CC(Oc1ccc(-c2cncnc2)cc1)C(=O)O. The molecule has 0 aliphatic carbocycles. The van der Waals surface area contributed by atoms with Crippen molar-refractivity contribution >= 4 is 5.97 Å². The van der Waals surface area contributed by atoms with Crippen molar-refractivity contribution < 1.29 is 14.6 Å². The second-order valence-electron chi connectivity index (χ2n) is 3.75. The van der Waals surface area contributed by atoms with Crippen molar-refractivity contribution in [2.75, 3.05) is 0 Å². The molecular formula is C13H12N2O3. The van der Waals surface area contributed by atoms with Crippen LogP contribution in [-0.2, 0) is 4.79 Å². The number of benzene rings is 1. The number of rotatable bonds is 4. The highest BCUT2D eigenvalue weighted by Crippen LogP contribution is 2.21. The summed E-state index contributed by atoms with van der Waals surface area (Å²) in [4.78, 5) is 18.5. The van der Waals surface area contributed by atoms with E-state index in [0.29, 0.717) is 5.75 Å². The summed E-state index contributed by atoms with van der Waals surface area (Å²) in [6, 6.07) is 7.12. The van der Waals surface area contributed by atoms with Crippen LogP contribution in [0.1, 0.15) is 6.92 Å². The quantitative estimate of drug-likeness (QED) is 0.890. The van der Waals surface area contributed by atoms with E-state index in [9.17, 15) is 4.79 Å². The molecule has 0 spiro atoms. The van der Waals surface area contributed by atoms with Crippen LogP contribution in [0.2, 0.25) is 0 Å². The fourth-order valence-corrected chi connectivity index (χ4v) is 1.43. The minimum Gasteiger partial charge on any atom is -0.479 e. The Morgan fingerprint density at radius 1 is 1.17 bits per heavy atom. The monoisotopic (exact) mass is 244 g/mol. The maximum Gasteiger partial charge on any atom is 0.344 e. The smallest absolute Gasteiger partial charge is 0.344 e. The molecule has 0 bridgehead atoms. The van der Waals surface area contributed by atoms with Crippen molar-refractivity contribution in [2.24, 2.45) is 0 Å². The lowest BCUT2D eigenvalue weighted by Gasteiger charge is -2.10. The van der Waals surface area contributed by atoms with E-state index < -0.39 is 12.1 Å². The number of hydrogen-bond donors (Lipinski definition) is 1. The third-order valence-electron chi connectivity index (χ3n) is 2.41. The Bertz CT molecular complexity index is 526. The number of nitrogens with zero attached hydrogens (tertiary/aromatic N) is 2. The Balaban J connectivity index is 2.13. The maximum atomic E-state index is 10.7. The lowest BCUT2D eigenvalue weighted by atomic mass is 10.1. The molecule has 0 amide bonds. The van der Waals surface area contributed by atoms with Crippen LogP contribution in [-0.4, -0.2) is 27.1 Å². The van der Waals surface area contributed by atoms with Gasteiger partial charge in [-0.25, -0.2) is 14.8 Å². The Morgan fingerprint density at radius 2 is 1.78 bits per heavy atom. The third-order valence-corrected chi connectivity index (χ3v) is 2.41. The summed E-state index contributed by atoms with van der Waals surface area (Å²) in [7, 11) is 0. The van der Waals surface area contributed by atoms with Crippen LogP contribution in [0.4, 0.5) is 0 Å². The first-order chi connectivity index (χ1) is 8.66. The molecule has 5 nitrogen and oxygen atoms in total. The van der Waals surface area contributed by atoms with Gasteiger partial charge in [0.05, 0.1) is 0 Å². The molecule has 2 rings (SSSR count). The van der Waals surface area contributed by atoms with Gasteiger partial charge in [-0.2, -0.15) is 0 Å². The number of aliphatic carboxylic acids is 1. The molecule has 5 heteroatoms. The first-order valence-corrected chi connectivity index (χ1v) is 5.42. The zero-order chi connectivity index (χ0) is 13.0. The van der Waals surface area contributed by atoms with E-state index in [-0.39, 0.29) is 0 Å². The molecule has 0 saturated heterocycles.